The van der Waals surface area contributed by atoms with Crippen molar-refractivity contribution in [3.63, 3.8) is 0 Å². The molecule has 0 N–H and O–H groups in total. The van der Waals surface area contributed by atoms with Gasteiger partial charge in [0.2, 0.25) is 0 Å². The van der Waals surface area contributed by atoms with Crippen LogP contribution >= 0.6 is 11.6 Å². The third-order valence-corrected chi connectivity index (χ3v) is 4.28. The quantitative estimate of drug-likeness (QED) is 0.757. The molecule has 2 fully saturated rings. The summed E-state index contributed by atoms with van der Waals surface area (Å²) < 4.78 is 5.99. The van der Waals surface area contributed by atoms with Gasteiger partial charge in [0.15, 0.2) is 0 Å². The molecular weight excluding hydrogens is 236 g/mol. The van der Waals surface area contributed by atoms with Crippen molar-refractivity contribution in [2.45, 2.75) is 43.9 Å². The van der Waals surface area contributed by atoms with E-state index in [1.165, 1.54) is 12.8 Å². The summed E-state index contributed by atoms with van der Waals surface area (Å²) in [6, 6.07) is 5.09. The van der Waals surface area contributed by atoms with Gasteiger partial charge in [-0.1, -0.05) is 11.6 Å². The third-order valence-electron chi connectivity index (χ3n) is 4.06. The maximum absolute atomic E-state index is 5.99. The van der Waals surface area contributed by atoms with Crippen molar-refractivity contribution >= 4 is 11.6 Å². The lowest BCUT2D eigenvalue weighted by Crippen LogP contribution is -2.43. The highest BCUT2D eigenvalue weighted by Crippen LogP contribution is 2.35. The molecule has 92 valence electrons. The van der Waals surface area contributed by atoms with Crippen LogP contribution in [0.5, 0.6) is 5.75 Å². The van der Waals surface area contributed by atoms with E-state index >= 15 is 0 Å². The molecule has 0 unspecified atom stereocenters. The van der Waals surface area contributed by atoms with E-state index in [9.17, 15) is 0 Å². The van der Waals surface area contributed by atoms with Crippen LogP contribution in [0.3, 0.4) is 0 Å². The molecule has 2 bridgehead atoms. The summed E-state index contributed by atoms with van der Waals surface area (Å²) in [7, 11) is 2.24. The van der Waals surface area contributed by atoms with Crippen molar-refractivity contribution in [2.75, 3.05) is 7.05 Å². The summed E-state index contributed by atoms with van der Waals surface area (Å²) in [6.45, 7) is 0. The summed E-state index contributed by atoms with van der Waals surface area (Å²) >= 11 is 5.76. The molecule has 0 aliphatic carbocycles. The fourth-order valence-corrected chi connectivity index (χ4v) is 3.19. The third kappa shape index (κ3) is 2.26. The summed E-state index contributed by atoms with van der Waals surface area (Å²) in [4.78, 5) is 6.56. The van der Waals surface area contributed by atoms with Gasteiger partial charge in [-0.05, 0) is 44.9 Å². The van der Waals surface area contributed by atoms with Crippen molar-refractivity contribution in [3.05, 3.63) is 23.5 Å². The second-order valence-corrected chi connectivity index (χ2v) is 5.47. The Balaban J connectivity index is 1.65. The monoisotopic (exact) mass is 252 g/mol. The van der Waals surface area contributed by atoms with Crippen LogP contribution in [0.25, 0.3) is 0 Å². The van der Waals surface area contributed by atoms with Crippen LogP contribution in [-0.2, 0) is 0 Å². The molecule has 3 heterocycles. The summed E-state index contributed by atoms with van der Waals surface area (Å²) in [5, 5.41) is 0.515. The highest BCUT2D eigenvalue weighted by Gasteiger charge is 2.39. The molecule has 0 radical (unpaired) electrons. The maximum atomic E-state index is 5.99. The van der Waals surface area contributed by atoms with Gasteiger partial charge in [0.1, 0.15) is 17.0 Å². The number of rotatable bonds is 2. The molecule has 3 nitrogen and oxygen atoms in total. The number of piperidine rings is 1. The van der Waals surface area contributed by atoms with E-state index in [1.54, 1.807) is 12.3 Å². The zero-order valence-corrected chi connectivity index (χ0v) is 10.7. The molecule has 2 saturated heterocycles. The normalized spacial score (nSPS) is 32.7. The SMILES string of the molecule is CN1[C@@H]2CC[C@H]1C[C@@H](Oc1ccc(Cl)nc1)C2. The Bertz CT molecular complexity index is 381. The fraction of sp³-hybridized carbons (Fsp3) is 0.615. The summed E-state index contributed by atoms with van der Waals surface area (Å²) in [5.74, 6) is 0.836. The van der Waals surface area contributed by atoms with Gasteiger partial charge in [0, 0.05) is 12.1 Å². The highest BCUT2D eigenvalue weighted by molar-refractivity contribution is 6.29. The Kier molecular flexibility index (Phi) is 2.97. The van der Waals surface area contributed by atoms with Crippen molar-refractivity contribution in [1.29, 1.82) is 0 Å². The lowest BCUT2D eigenvalue weighted by molar-refractivity contribution is 0.0659. The number of hydrogen-bond acceptors (Lipinski definition) is 3. The molecule has 3 atom stereocenters. The average Bonchev–Trinajstić information content (AvgIpc) is 2.55. The zero-order chi connectivity index (χ0) is 11.8. The van der Waals surface area contributed by atoms with E-state index in [4.69, 9.17) is 16.3 Å². The minimum absolute atomic E-state index is 0.340. The Morgan fingerprint density at radius 2 is 2.00 bits per heavy atom. The zero-order valence-electron chi connectivity index (χ0n) is 9.97. The smallest absolute Gasteiger partial charge is 0.138 e. The second-order valence-electron chi connectivity index (χ2n) is 5.08. The number of hydrogen-bond donors (Lipinski definition) is 0. The summed E-state index contributed by atoms with van der Waals surface area (Å²) in [5.41, 5.74) is 0. The molecule has 0 saturated carbocycles. The molecule has 1 aromatic rings. The first-order valence-corrected chi connectivity index (χ1v) is 6.60. The Hall–Kier alpha value is -0.800. The van der Waals surface area contributed by atoms with Gasteiger partial charge in [-0.15, -0.1) is 0 Å². The predicted octanol–water partition coefficient (Wildman–Crippen LogP) is 2.74. The molecule has 0 amide bonds. The van der Waals surface area contributed by atoms with Crippen LogP contribution in [-0.4, -0.2) is 35.1 Å². The minimum atomic E-state index is 0.340. The van der Waals surface area contributed by atoms with Crippen LogP contribution in [0, 0.1) is 0 Å². The van der Waals surface area contributed by atoms with E-state index in [1.807, 2.05) is 6.07 Å². The van der Waals surface area contributed by atoms with Gasteiger partial charge in [-0.2, -0.15) is 0 Å². The molecule has 0 spiro atoms. The first-order chi connectivity index (χ1) is 8.22. The number of halogens is 1. The van der Waals surface area contributed by atoms with Gasteiger partial charge >= 0.3 is 0 Å². The van der Waals surface area contributed by atoms with Crippen LogP contribution in [0.1, 0.15) is 25.7 Å². The molecule has 4 heteroatoms. The number of nitrogens with zero attached hydrogens (tertiary/aromatic N) is 2. The Labute approximate surface area is 107 Å². The minimum Gasteiger partial charge on any atom is -0.489 e. The van der Waals surface area contributed by atoms with E-state index in [0.717, 1.165) is 18.6 Å². The van der Waals surface area contributed by atoms with Gasteiger partial charge in [-0.25, -0.2) is 4.98 Å². The van der Waals surface area contributed by atoms with Crippen LogP contribution < -0.4 is 4.74 Å². The van der Waals surface area contributed by atoms with E-state index in [-0.39, 0.29) is 0 Å². The van der Waals surface area contributed by atoms with Gasteiger partial charge in [0.25, 0.3) is 0 Å². The van der Waals surface area contributed by atoms with E-state index < -0.39 is 0 Å². The van der Waals surface area contributed by atoms with Crippen LogP contribution in [0.4, 0.5) is 0 Å². The van der Waals surface area contributed by atoms with Gasteiger partial charge < -0.3 is 9.64 Å². The fourth-order valence-electron chi connectivity index (χ4n) is 3.08. The van der Waals surface area contributed by atoms with Gasteiger partial charge in [-0.3, -0.25) is 0 Å². The van der Waals surface area contributed by atoms with Crippen molar-refractivity contribution < 1.29 is 4.74 Å². The summed E-state index contributed by atoms with van der Waals surface area (Å²) in [6.07, 6.45) is 6.96. The average molecular weight is 253 g/mol. The van der Waals surface area contributed by atoms with Gasteiger partial charge in [0.05, 0.1) is 6.20 Å². The van der Waals surface area contributed by atoms with Crippen molar-refractivity contribution in [1.82, 2.24) is 9.88 Å². The molecule has 1 aromatic heterocycles. The number of pyridine rings is 1. The molecule has 17 heavy (non-hydrogen) atoms. The van der Waals surface area contributed by atoms with E-state index in [2.05, 4.69) is 16.9 Å². The van der Waals surface area contributed by atoms with E-state index in [0.29, 0.717) is 23.3 Å². The van der Waals surface area contributed by atoms with Crippen molar-refractivity contribution in [3.8, 4) is 5.75 Å². The Morgan fingerprint density at radius 1 is 1.29 bits per heavy atom. The molecular formula is C13H17ClN2O. The molecule has 3 rings (SSSR count). The molecule has 0 aromatic carbocycles. The van der Waals surface area contributed by atoms with Crippen LogP contribution in [0.2, 0.25) is 5.15 Å². The second kappa shape index (κ2) is 4.46. The molecule has 2 aliphatic rings. The lowest BCUT2D eigenvalue weighted by atomic mass is 10.0. The standard InChI is InChI=1S/C13H17ClN2O/c1-16-9-2-3-10(16)7-12(6-9)17-11-4-5-13(14)15-8-11/h4-5,8-10,12H,2-3,6-7H2,1H3/t9-,10+,12+. The molecule has 2 aliphatic heterocycles. The Morgan fingerprint density at radius 3 is 2.59 bits per heavy atom. The maximum Gasteiger partial charge on any atom is 0.138 e. The van der Waals surface area contributed by atoms with Crippen molar-refractivity contribution in [2.24, 2.45) is 0 Å². The first kappa shape index (κ1) is 11.3. The number of ether oxygens (including phenoxy) is 1. The van der Waals surface area contributed by atoms with Crippen LogP contribution in [0.15, 0.2) is 18.3 Å². The number of fused-ring (bicyclic) bond motifs is 2. The lowest BCUT2D eigenvalue weighted by Gasteiger charge is -2.36. The first-order valence-electron chi connectivity index (χ1n) is 6.22. The highest BCUT2D eigenvalue weighted by atomic mass is 35.5. The largest absolute Gasteiger partial charge is 0.489 e. The number of aromatic nitrogens is 1. The topological polar surface area (TPSA) is 25.4 Å². The predicted molar refractivity (Wildman–Crippen MR) is 67.5 cm³/mol.